The maximum Gasteiger partial charge on any atom is 0.236 e. The fourth-order valence-corrected chi connectivity index (χ4v) is 1.59. The molecular formula is C12H11IN2O3. The molecule has 0 atom stereocenters. The third kappa shape index (κ3) is 3.00. The number of nitrogens with zero attached hydrogens (tertiary/aromatic N) is 1. The van der Waals surface area contributed by atoms with Crippen LogP contribution in [0.3, 0.4) is 0 Å². The highest BCUT2D eigenvalue weighted by Crippen LogP contribution is 2.23. The molecule has 2 aromatic rings. The molecule has 94 valence electrons. The molecule has 0 aliphatic carbocycles. The summed E-state index contributed by atoms with van der Waals surface area (Å²) < 4.78 is 10.5. The van der Waals surface area contributed by atoms with E-state index in [1.165, 1.54) is 0 Å². The standard InChI is InChI=1S/C12H11IN2O3/c1-17-9-4-2-8(3-5-9)10-6-12(18-15-10)14-11(16)7-13/h2-6H,7H2,1H3,(H,14,16). The summed E-state index contributed by atoms with van der Waals surface area (Å²) in [5.41, 5.74) is 1.57. The van der Waals surface area contributed by atoms with Gasteiger partial charge in [-0.15, -0.1) is 0 Å². The molecule has 6 heteroatoms. The average molecular weight is 358 g/mol. The van der Waals surface area contributed by atoms with Crippen LogP contribution in [0.2, 0.25) is 0 Å². The third-order valence-corrected chi connectivity index (χ3v) is 2.97. The normalized spacial score (nSPS) is 10.1. The molecule has 0 fully saturated rings. The molecule has 0 aliphatic heterocycles. The summed E-state index contributed by atoms with van der Waals surface area (Å²) >= 11 is 1.98. The van der Waals surface area contributed by atoms with E-state index in [1.807, 2.05) is 46.9 Å². The summed E-state index contributed by atoms with van der Waals surface area (Å²) in [4.78, 5) is 11.2. The van der Waals surface area contributed by atoms with Crippen molar-refractivity contribution in [3.8, 4) is 17.0 Å². The molecule has 5 nitrogen and oxygen atoms in total. The molecule has 0 radical (unpaired) electrons. The number of amides is 1. The Labute approximate surface area is 118 Å². The first-order chi connectivity index (χ1) is 8.72. The largest absolute Gasteiger partial charge is 0.497 e. The van der Waals surface area contributed by atoms with E-state index in [1.54, 1.807) is 13.2 Å². The highest BCUT2D eigenvalue weighted by atomic mass is 127. The number of rotatable bonds is 4. The van der Waals surface area contributed by atoms with Crippen molar-refractivity contribution in [2.24, 2.45) is 0 Å². The minimum atomic E-state index is -0.118. The predicted molar refractivity (Wildman–Crippen MR) is 76.0 cm³/mol. The second kappa shape index (κ2) is 5.85. The van der Waals surface area contributed by atoms with Crippen LogP contribution in [0.25, 0.3) is 11.3 Å². The summed E-state index contributed by atoms with van der Waals surface area (Å²) in [6.07, 6.45) is 0. The lowest BCUT2D eigenvalue weighted by molar-refractivity contribution is -0.113. The molecule has 1 amide bonds. The summed E-state index contributed by atoms with van der Waals surface area (Å²) in [5, 5.41) is 6.50. The minimum Gasteiger partial charge on any atom is -0.497 e. The molecule has 0 saturated carbocycles. The molecule has 18 heavy (non-hydrogen) atoms. The Morgan fingerprint density at radius 1 is 1.44 bits per heavy atom. The van der Waals surface area contributed by atoms with E-state index in [0.29, 0.717) is 16.0 Å². The van der Waals surface area contributed by atoms with Crippen LogP contribution in [-0.4, -0.2) is 22.6 Å². The number of hydrogen-bond acceptors (Lipinski definition) is 4. The average Bonchev–Trinajstić information content (AvgIpc) is 2.87. The predicted octanol–water partition coefficient (Wildman–Crippen LogP) is 2.72. The number of ether oxygens (including phenoxy) is 1. The topological polar surface area (TPSA) is 64.4 Å². The SMILES string of the molecule is COc1ccc(-c2cc(NC(=O)CI)on2)cc1. The van der Waals surface area contributed by atoms with Gasteiger partial charge in [-0.2, -0.15) is 0 Å². The zero-order chi connectivity index (χ0) is 13.0. The van der Waals surface area contributed by atoms with Gasteiger partial charge in [-0.05, 0) is 24.3 Å². The van der Waals surface area contributed by atoms with Gasteiger partial charge < -0.3 is 9.26 Å². The number of halogens is 1. The maximum atomic E-state index is 11.2. The summed E-state index contributed by atoms with van der Waals surface area (Å²) in [6.45, 7) is 0. The second-order valence-electron chi connectivity index (χ2n) is 3.49. The van der Waals surface area contributed by atoms with E-state index >= 15 is 0 Å². The Kier molecular flexibility index (Phi) is 4.19. The lowest BCUT2D eigenvalue weighted by atomic mass is 10.1. The van der Waals surface area contributed by atoms with Gasteiger partial charge in [0.1, 0.15) is 11.4 Å². The van der Waals surface area contributed by atoms with Crippen LogP contribution < -0.4 is 10.1 Å². The third-order valence-electron chi connectivity index (χ3n) is 2.28. The van der Waals surface area contributed by atoms with Gasteiger partial charge in [0.05, 0.1) is 11.5 Å². The van der Waals surface area contributed by atoms with E-state index in [9.17, 15) is 4.79 Å². The molecule has 0 aliphatic rings. The van der Waals surface area contributed by atoms with Crippen molar-refractivity contribution in [2.75, 3.05) is 16.9 Å². The van der Waals surface area contributed by atoms with Crippen molar-refractivity contribution in [1.82, 2.24) is 5.16 Å². The highest BCUT2D eigenvalue weighted by Gasteiger charge is 2.08. The first kappa shape index (κ1) is 12.9. The van der Waals surface area contributed by atoms with Crippen LogP contribution >= 0.6 is 22.6 Å². The molecule has 1 N–H and O–H groups in total. The number of methoxy groups -OCH3 is 1. The van der Waals surface area contributed by atoms with Gasteiger partial charge in [0, 0.05) is 11.6 Å². The van der Waals surface area contributed by atoms with Crippen molar-refractivity contribution < 1.29 is 14.1 Å². The number of aromatic nitrogens is 1. The van der Waals surface area contributed by atoms with E-state index in [-0.39, 0.29) is 5.91 Å². The van der Waals surface area contributed by atoms with Gasteiger partial charge in [-0.25, -0.2) is 0 Å². The van der Waals surface area contributed by atoms with Crippen molar-refractivity contribution in [2.45, 2.75) is 0 Å². The Bertz CT molecular complexity index is 537. The highest BCUT2D eigenvalue weighted by molar-refractivity contribution is 14.1. The number of carbonyl (C=O) groups is 1. The molecule has 2 rings (SSSR count). The summed E-state index contributed by atoms with van der Waals surface area (Å²) in [5.74, 6) is 1.01. The van der Waals surface area contributed by atoms with Crippen LogP contribution in [-0.2, 0) is 4.79 Å². The zero-order valence-electron chi connectivity index (χ0n) is 9.64. The first-order valence-electron chi connectivity index (χ1n) is 5.20. The van der Waals surface area contributed by atoms with Gasteiger partial charge in [0.25, 0.3) is 0 Å². The molecule has 1 aromatic carbocycles. The van der Waals surface area contributed by atoms with Crippen LogP contribution in [0.5, 0.6) is 5.75 Å². The number of alkyl halides is 1. The monoisotopic (exact) mass is 358 g/mol. The first-order valence-corrected chi connectivity index (χ1v) is 6.72. The molecule has 1 aromatic heterocycles. The summed E-state index contributed by atoms with van der Waals surface area (Å²) in [6, 6.07) is 9.12. The lowest BCUT2D eigenvalue weighted by Gasteiger charge is -1.99. The molecule has 0 spiro atoms. The molecule has 0 bridgehead atoms. The number of nitrogens with one attached hydrogen (secondary N) is 1. The number of benzene rings is 1. The molecule has 0 saturated heterocycles. The molecular weight excluding hydrogens is 347 g/mol. The van der Waals surface area contributed by atoms with Gasteiger partial charge in [0.2, 0.25) is 11.8 Å². The summed E-state index contributed by atoms with van der Waals surface area (Å²) in [7, 11) is 1.61. The minimum absolute atomic E-state index is 0.118. The van der Waals surface area contributed by atoms with E-state index in [4.69, 9.17) is 9.26 Å². The van der Waals surface area contributed by atoms with Crippen LogP contribution in [0.4, 0.5) is 5.88 Å². The van der Waals surface area contributed by atoms with E-state index in [2.05, 4.69) is 10.5 Å². The Balaban J connectivity index is 2.15. The zero-order valence-corrected chi connectivity index (χ0v) is 11.8. The van der Waals surface area contributed by atoms with Crippen molar-refractivity contribution in [3.63, 3.8) is 0 Å². The van der Waals surface area contributed by atoms with Crippen LogP contribution in [0.1, 0.15) is 0 Å². The van der Waals surface area contributed by atoms with Crippen molar-refractivity contribution >= 4 is 34.4 Å². The number of anilines is 1. The van der Waals surface area contributed by atoms with Crippen molar-refractivity contribution in [3.05, 3.63) is 30.3 Å². The van der Waals surface area contributed by atoms with Crippen molar-refractivity contribution in [1.29, 1.82) is 0 Å². The van der Waals surface area contributed by atoms with Gasteiger partial charge >= 0.3 is 0 Å². The fourth-order valence-electron chi connectivity index (χ4n) is 1.40. The Morgan fingerprint density at radius 2 is 2.17 bits per heavy atom. The number of carbonyl (C=O) groups excluding carboxylic acids is 1. The van der Waals surface area contributed by atoms with E-state index in [0.717, 1.165) is 11.3 Å². The Hall–Kier alpha value is -1.57. The smallest absolute Gasteiger partial charge is 0.236 e. The van der Waals surface area contributed by atoms with Gasteiger partial charge in [-0.3, -0.25) is 10.1 Å². The van der Waals surface area contributed by atoms with Crippen LogP contribution in [0.15, 0.2) is 34.9 Å². The van der Waals surface area contributed by atoms with Gasteiger partial charge in [0.15, 0.2) is 0 Å². The molecule has 1 heterocycles. The van der Waals surface area contributed by atoms with E-state index < -0.39 is 0 Å². The molecule has 0 unspecified atom stereocenters. The quantitative estimate of drug-likeness (QED) is 0.674. The van der Waals surface area contributed by atoms with Crippen LogP contribution in [0, 0.1) is 0 Å². The fraction of sp³-hybridized carbons (Fsp3) is 0.167. The number of hydrogen-bond donors (Lipinski definition) is 1. The Morgan fingerprint density at radius 3 is 2.78 bits per heavy atom. The lowest BCUT2D eigenvalue weighted by Crippen LogP contribution is -2.11. The second-order valence-corrected chi connectivity index (χ2v) is 4.25. The maximum absolute atomic E-state index is 11.2. The van der Waals surface area contributed by atoms with Gasteiger partial charge in [-0.1, -0.05) is 27.7 Å².